The molecule has 0 atom stereocenters. The van der Waals surface area contributed by atoms with Crippen molar-refractivity contribution in [2.45, 2.75) is 0 Å². The summed E-state index contributed by atoms with van der Waals surface area (Å²) >= 11 is 1.74. The molecule has 7 nitrogen and oxygen atoms in total. The van der Waals surface area contributed by atoms with Crippen LogP contribution < -0.4 is 14.8 Å². The molecule has 0 saturated carbocycles. The Bertz CT molecular complexity index is 1970. The van der Waals surface area contributed by atoms with E-state index in [-0.39, 0.29) is 0 Å². The van der Waals surface area contributed by atoms with Crippen LogP contribution in [0, 0.1) is 0 Å². The third kappa shape index (κ3) is 4.36. The molecule has 0 spiro atoms. The number of nitrogens with zero attached hydrogens (tertiary/aromatic N) is 4. The number of ether oxygens (including phenoxy) is 2. The second kappa shape index (κ2) is 9.66. The lowest BCUT2D eigenvalue weighted by atomic mass is 10.0. The molecule has 0 bridgehead atoms. The first-order valence-electron chi connectivity index (χ1n) is 12.3. The van der Waals surface area contributed by atoms with Crippen LogP contribution in [0.4, 0.5) is 11.5 Å². The fourth-order valence-electron chi connectivity index (χ4n) is 4.57. The van der Waals surface area contributed by atoms with E-state index in [9.17, 15) is 0 Å². The maximum atomic E-state index is 6.13. The molecule has 0 unspecified atom stereocenters. The van der Waals surface area contributed by atoms with E-state index in [1.807, 2.05) is 42.5 Å². The van der Waals surface area contributed by atoms with Crippen molar-refractivity contribution in [2.75, 3.05) is 12.4 Å². The lowest BCUT2D eigenvalue weighted by Gasteiger charge is -2.12. The average Bonchev–Trinajstić information content (AvgIpc) is 3.46. The fraction of sp³-hybridized carbons (Fsp3) is 0.0323. The molecule has 3 aromatic carbocycles. The van der Waals surface area contributed by atoms with E-state index in [4.69, 9.17) is 9.47 Å². The van der Waals surface area contributed by atoms with Crippen LogP contribution in [0.15, 0.2) is 103 Å². The van der Waals surface area contributed by atoms with Gasteiger partial charge in [0.2, 0.25) is 0 Å². The van der Waals surface area contributed by atoms with E-state index in [2.05, 4.69) is 67.3 Å². The fourth-order valence-corrected chi connectivity index (χ4v) is 5.35. The summed E-state index contributed by atoms with van der Waals surface area (Å²) in [5.41, 5.74) is 4.16. The zero-order chi connectivity index (χ0) is 26.2. The Morgan fingerprint density at radius 2 is 1.67 bits per heavy atom. The minimum absolute atomic E-state index is 0.622. The predicted molar refractivity (Wildman–Crippen MR) is 156 cm³/mol. The van der Waals surface area contributed by atoms with Crippen LogP contribution in [0.5, 0.6) is 17.2 Å². The molecule has 0 radical (unpaired) electrons. The maximum Gasteiger partial charge on any atom is 0.161 e. The van der Waals surface area contributed by atoms with Gasteiger partial charge in [0.1, 0.15) is 22.7 Å². The Kier molecular flexibility index (Phi) is 5.71. The van der Waals surface area contributed by atoms with Crippen LogP contribution in [0.1, 0.15) is 0 Å². The summed E-state index contributed by atoms with van der Waals surface area (Å²) in [6.45, 7) is 0. The standard InChI is InChI=1S/C31H21N5O2S/c1-37-23-17-26-30(33-18-23)27(12-14-32-26)38-22-9-7-21(8-10-22)34-31-25-5-3-2-4-24(25)29(35-36-31)20-6-11-28-19(16-20)13-15-39-28/h2-18H,1H3,(H,34,36). The Labute approximate surface area is 227 Å². The number of nitrogens with one attached hydrogen (secondary N) is 1. The monoisotopic (exact) mass is 527 g/mol. The molecule has 4 heterocycles. The molecule has 0 aliphatic heterocycles. The first kappa shape index (κ1) is 23.1. The van der Waals surface area contributed by atoms with Gasteiger partial charge in [-0.05, 0) is 53.2 Å². The van der Waals surface area contributed by atoms with Crippen molar-refractivity contribution in [3.8, 4) is 28.5 Å². The molecule has 188 valence electrons. The number of methoxy groups -OCH3 is 1. The van der Waals surface area contributed by atoms with Gasteiger partial charge in [-0.15, -0.1) is 21.5 Å². The molecule has 7 aromatic rings. The lowest BCUT2D eigenvalue weighted by molar-refractivity contribution is 0.413. The number of hydrogen-bond donors (Lipinski definition) is 1. The van der Waals surface area contributed by atoms with Gasteiger partial charge in [-0.25, -0.2) is 4.98 Å². The van der Waals surface area contributed by atoms with Gasteiger partial charge in [-0.1, -0.05) is 30.3 Å². The predicted octanol–water partition coefficient (Wildman–Crippen LogP) is 8.00. The van der Waals surface area contributed by atoms with Crippen LogP contribution >= 0.6 is 11.3 Å². The highest BCUT2D eigenvalue weighted by molar-refractivity contribution is 7.17. The van der Waals surface area contributed by atoms with E-state index >= 15 is 0 Å². The van der Waals surface area contributed by atoms with Crippen molar-refractivity contribution in [1.29, 1.82) is 0 Å². The number of pyridine rings is 2. The minimum Gasteiger partial charge on any atom is -0.495 e. The maximum absolute atomic E-state index is 6.13. The van der Waals surface area contributed by atoms with Crippen LogP contribution in [0.2, 0.25) is 0 Å². The summed E-state index contributed by atoms with van der Waals surface area (Å²) in [5.74, 6) is 2.64. The normalized spacial score (nSPS) is 11.2. The highest BCUT2D eigenvalue weighted by Gasteiger charge is 2.13. The second-order valence-corrected chi connectivity index (χ2v) is 9.87. The Hall–Kier alpha value is -5.08. The summed E-state index contributed by atoms with van der Waals surface area (Å²) in [5, 5.41) is 18.0. The van der Waals surface area contributed by atoms with Gasteiger partial charge in [0.05, 0.1) is 18.8 Å². The number of thiophene rings is 1. The molecular formula is C31H21N5O2S. The lowest BCUT2D eigenvalue weighted by Crippen LogP contribution is -1.99. The largest absolute Gasteiger partial charge is 0.495 e. The Morgan fingerprint density at radius 3 is 2.54 bits per heavy atom. The van der Waals surface area contributed by atoms with Crippen LogP contribution in [0.3, 0.4) is 0 Å². The van der Waals surface area contributed by atoms with E-state index in [0.29, 0.717) is 34.1 Å². The van der Waals surface area contributed by atoms with Crippen LogP contribution in [-0.2, 0) is 0 Å². The summed E-state index contributed by atoms with van der Waals surface area (Å²) in [4.78, 5) is 8.82. The van der Waals surface area contributed by atoms with Crippen molar-refractivity contribution < 1.29 is 9.47 Å². The molecule has 1 N–H and O–H groups in total. The summed E-state index contributed by atoms with van der Waals surface area (Å²) in [6, 6.07) is 28.1. The minimum atomic E-state index is 0.622. The van der Waals surface area contributed by atoms with Gasteiger partial charge in [0.15, 0.2) is 11.6 Å². The molecule has 0 aliphatic carbocycles. The van der Waals surface area contributed by atoms with Gasteiger partial charge in [0.25, 0.3) is 0 Å². The van der Waals surface area contributed by atoms with E-state index in [1.165, 1.54) is 10.1 Å². The highest BCUT2D eigenvalue weighted by atomic mass is 32.1. The zero-order valence-corrected chi connectivity index (χ0v) is 21.6. The molecule has 0 amide bonds. The van der Waals surface area contributed by atoms with Gasteiger partial charge < -0.3 is 14.8 Å². The number of hydrogen-bond acceptors (Lipinski definition) is 8. The molecule has 39 heavy (non-hydrogen) atoms. The third-order valence-electron chi connectivity index (χ3n) is 6.51. The molecule has 0 fully saturated rings. The smallest absolute Gasteiger partial charge is 0.161 e. The van der Waals surface area contributed by atoms with Gasteiger partial charge >= 0.3 is 0 Å². The van der Waals surface area contributed by atoms with Crippen LogP contribution in [0.25, 0.3) is 43.1 Å². The molecule has 4 aromatic heterocycles. The number of benzene rings is 3. The topological polar surface area (TPSA) is 82.0 Å². The average molecular weight is 528 g/mol. The molecule has 7 rings (SSSR count). The SMILES string of the molecule is COc1cnc2c(Oc3ccc(Nc4nnc(-c5ccc6sccc6c5)c5ccccc45)cc3)ccnc2c1. The number of fused-ring (bicyclic) bond motifs is 3. The zero-order valence-electron chi connectivity index (χ0n) is 20.8. The molecule has 0 saturated heterocycles. The Balaban J connectivity index is 1.16. The summed E-state index contributed by atoms with van der Waals surface area (Å²) in [6.07, 6.45) is 3.35. The van der Waals surface area contributed by atoms with Crippen molar-refractivity contribution in [1.82, 2.24) is 20.2 Å². The molecule has 8 heteroatoms. The van der Waals surface area contributed by atoms with Crippen molar-refractivity contribution in [3.05, 3.63) is 103 Å². The molecular weight excluding hydrogens is 506 g/mol. The van der Waals surface area contributed by atoms with Gasteiger partial charge in [-0.2, -0.15) is 0 Å². The van der Waals surface area contributed by atoms with Crippen molar-refractivity contribution in [3.63, 3.8) is 0 Å². The Morgan fingerprint density at radius 1 is 0.795 bits per heavy atom. The van der Waals surface area contributed by atoms with Crippen LogP contribution in [-0.4, -0.2) is 27.3 Å². The number of aromatic nitrogens is 4. The van der Waals surface area contributed by atoms with E-state index < -0.39 is 0 Å². The summed E-state index contributed by atoms with van der Waals surface area (Å²) < 4.78 is 12.6. The number of anilines is 2. The van der Waals surface area contributed by atoms with Crippen molar-refractivity contribution >= 4 is 54.7 Å². The quantitative estimate of drug-likeness (QED) is 0.235. The molecule has 0 aliphatic rings. The first-order chi connectivity index (χ1) is 19.2. The van der Waals surface area contributed by atoms with Gasteiger partial charge in [0, 0.05) is 45.1 Å². The number of rotatable bonds is 6. The van der Waals surface area contributed by atoms with E-state index in [1.54, 1.807) is 36.9 Å². The second-order valence-electron chi connectivity index (χ2n) is 8.92. The van der Waals surface area contributed by atoms with Crippen molar-refractivity contribution in [2.24, 2.45) is 0 Å². The summed E-state index contributed by atoms with van der Waals surface area (Å²) in [7, 11) is 1.60. The van der Waals surface area contributed by atoms with E-state index in [0.717, 1.165) is 27.7 Å². The highest BCUT2D eigenvalue weighted by Crippen LogP contribution is 2.34. The first-order valence-corrected chi connectivity index (χ1v) is 13.2. The van der Waals surface area contributed by atoms with Gasteiger partial charge in [-0.3, -0.25) is 4.98 Å². The third-order valence-corrected chi connectivity index (χ3v) is 7.41.